The molecule has 12 heteroatoms. The molecule has 0 spiro atoms. The summed E-state index contributed by atoms with van der Waals surface area (Å²) in [7, 11) is 0. The van der Waals surface area contributed by atoms with Gasteiger partial charge in [-0.15, -0.1) is 0 Å². The summed E-state index contributed by atoms with van der Waals surface area (Å²) >= 11 is 0. The first-order chi connectivity index (χ1) is 12.5. The van der Waals surface area contributed by atoms with E-state index in [1.165, 1.54) is 13.8 Å². The molecule has 2 aliphatic rings. The number of carbonyl (C=O) groups is 4. The molecular weight excluding hydrogens is 364 g/mol. The predicted octanol–water partition coefficient (Wildman–Crippen LogP) is 0.395. The normalized spacial score (nSPS) is 34.3. The maximum atomic E-state index is 12.3. The summed E-state index contributed by atoms with van der Waals surface area (Å²) in [6.07, 6.45) is -6.22. The van der Waals surface area contributed by atoms with E-state index >= 15 is 0 Å². The minimum absolute atomic E-state index is 0.542. The van der Waals surface area contributed by atoms with Crippen molar-refractivity contribution >= 4 is 23.8 Å². The molecule has 0 radical (unpaired) electrons. The highest BCUT2D eigenvalue weighted by Crippen LogP contribution is 2.46. The fraction of sp³-hybridized carbons (Fsp3) is 0.733. The first-order valence-electron chi connectivity index (χ1n) is 8.06. The van der Waals surface area contributed by atoms with Crippen LogP contribution in [0.2, 0.25) is 0 Å². The molecule has 1 amide bonds. The van der Waals surface area contributed by atoms with Crippen molar-refractivity contribution in [3.8, 4) is 0 Å². The van der Waals surface area contributed by atoms with Gasteiger partial charge in [0.05, 0.1) is 0 Å². The van der Waals surface area contributed by atoms with Crippen molar-refractivity contribution in [2.24, 2.45) is 5.11 Å². The molecule has 0 aromatic heterocycles. The lowest BCUT2D eigenvalue weighted by Gasteiger charge is -2.46. The number of fused-ring (bicyclic) bond motifs is 2. The Kier molecular flexibility index (Phi) is 5.62. The summed E-state index contributed by atoms with van der Waals surface area (Å²) in [4.78, 5) is 51.0. The van der Waals surface area contributed by atoms with Crippen LogP contribution in [0, 0.1) is 0 Å². The number of rotatable bonds is 4. The van der Waals surface area contributed by atoms with Gasteiger partial charge in [-0.2, -0.15) is 0 Å². The van der Waals surface area contributed by atoms with Crippen LogP contribution in [0.5, 0.6) is 0 Å². The molecule has 0 unspecified atom stereocenters. The van der Waals surface area contributed by atoms with Crippen molar-refractivity contribution < 1.29 is 38.1 Å². The van der Waals surface area contributed by atoms with E-state index in [2.05, 4.69) is 10.0 Å². The fourth-order valence-corrected chi connectivity index (χ4v) is 3.58. The van der Waals surface area contributed by atoms with E-state index in [1.54, 1.807) is 0 Å². The van der Waals surface area contributed by atoms with Crippen LogP contribution < -0.4 is 0 Å². The van der Waals surface area contributed by atoms with Gasteiger partial charge in [0.2, 0.25) is 5.91 Å². The predicted molar refractivity (Wildman–Crippen MR) is 85.4 cm³/mol. The molecular formula is C15H20N4O8. The first-order valence-corrected chi connectivity index (χ1v) is 8.06. The van der Waals surface area contributed by atoms with Gasteiger partial charge in [0.15, 0.2) is 24.0 Å². The smallest absolute Gasteiger partial charge is 0.303 e. The summed E-state index contributed by atoms with van der Waals surface area (Å²) in [5, 5.41) is 3.59. The van der Waals surface area contributed by atoms with Gasteiger partial charge in [0.25, 0.3) is 0 Å². The third kappa shape index (κ3) is 3.67. The Balaban J connectivity index is 2.66. The second-order valence-electron chi connectivity index (χ2n) is 6.32. The topological polar surface area (TPSA) is 157 Å². The van der Waals surface area contributed by atoms with E-state index in [9.17, 15) is 19.2 Å². The Morgan fingerprint density at radius 3 is 1.96 bits per heavy atom. The second kappa shape index (κ2) is 7.41. The van der Waals surface area contributed by atoms with Gasteiger partial charge in [-0.3, -0.25) is 24.1 Å². The Bertz CT molecular complexity index is 721. The van der Waals surface area contributed by atoms with E-state index in [4.69, 9.17) is 24.5 Å². The quantitative estimate of drug-likeness (QED) is 0.221. The van der Waals surface area contributed by atoms with Gasteiger partial charge in [0.1, 0.15) is 12.3 Å². The minimum atomic E-state index is -1.61. The zero-order chi connectivity index (χ0) is 20.5. The number of esters is 3. The zero-order valence-electron chi connectivity index (χ0n) is 15.4. The third-order valence-corrected chi connectivity index (χ3v) is 4.29. The molecule has 0 aliphatic carbocycles. The van der Waals surface area contributed by atoms with Gasteiger partial charge in [-0.05, 0) is 12.5 Å². The van der Waals surface area contributed by atoms with Crippen molar-refractivity contribution in [1.29, 1.82) is 0 Å². The standard InChI is InChI=1S/C15H20N4O8/c1-6(20)19-14(17-18-16)12-10(24-7(2)21)11(25-8(3)22)13(26-9(4)23)15(19,5)27-12/h10-14H,1-5H3/t10-,11-,12+,13-,14+,15-/m0/s1. The maximum Gasteiger partial charge on any atom is 0.303 e. The van der Waals surface area contributed by atoms with Crippen LogP contribution in [0.15, 0.2) is 5.11 Å². The number of nitrogens with zero attached hydrogens (tertiary/aromatic N) is 4. The number of hydrogen-bond acceptors (Lipinski definition) is 9. The molecule has 2 rings (SSSR count). The number of hydrogen-bond donors (Lipinski definition) is 0. The van der Waals surface area contributed by atoms with Crippen molar-refractivity contribution in [2.75, 3.05) is 0 Å². The molecule has 0 aromatic carbocycles. The van der Waals surface area contributed by atoms with Crippen molar-refractivity contribution in [1.82, 2.24) is 4.90 Å². The maximum absolute atomic E-state index is 12.3. The van der Waals surface area contributed by atoms with Gasteiger partial charge >= 0.3 is 17.9 Å². The lowest BCUT2D eigenvalue weighted by molar-refractivity contribution is -0.269. The third-order valence-electron chi connectivity index (χ3n) is 4.29. The van der Waals surface area contributed by atoms with E-state index in [0.717, 1.165) is 25.7 Å². The van der Waals surface area contributed by atoms with Crippen LogP contribution in [0.3, 0.4) is 0 Å². The lowest BCUT2D eigenvalue weighted by atomic mass is 9.93. The molecule has 27 heavy (non-hydrogen) atoms. The molecule has 2 fully saturated rings. The Morgan fingerprint density at radius 1 is 1.00 bits per heavy atom. The average Bonchev–Trinajstić information content (AvgIpc) is 2.78. The highest BCUT2D eigenvalue weighted by molar-refractivity contribution is 5.76. The highest BCUT2D eigenvalue weighted by atomic mass is 16.7. The number of carbonyl (C=O) groups excluding carboxylic acids is 4. The monoisotopic (exact) mass is 384 g/mol. The van der Waals surface area contributed by atoms with E-state index in [-0.39, 0.29) is 0 Å². The molecule has 148 valence electrons. The molecule has 2 heterocycles. The molecule has 6 atom stereocenters. The largest absolute Gasteiger partial charge is 0.456 e. The second-order valence-corrected chi connectivity index (χ2v) is 6.32. The summed E-state index contributed by atoms with van der Waals surface area (Å²) in [5.74, 6) is -2.74. The first kappa shape index (κ1) is 20.5. The number of azide groups is 1. The van der Waals surface area contributed by atoms with Crippen molar-refractivity contribution in [2.45, 2.75) is 70.9 Å². The minimum Gasteiger partial charge on any atom is -0.456 e. The van der Waals surface area contributed by atoms with Gasteiger partial charge in [0, 0.05) is 32.6 Å². The van der Waals surface area contributed by atoms with Crippen molar-refractivity contribution in [3.05, 3.63) is 10.4 Å². The molecule has 12 nitrogen and oxygen atoms in total. The van der Waals surface area contributed by atoms with Crippen molar-refractivity contribution in [3.63, 3.8) is 0 Å². The Morgan fingerprint density at radius 2 is 1.52 bits per heavy atom. The van der Waals surface area contributed by atoms with Crippen LogP contribution in [0.25, 0.3) is 10.4 Å². The summed E-state index contributed by atoms with van der Waals surface area (Å²) in [6, 6.07) is 0. The Labute approximate surface area is 154 Å². The Hall–Kier alpha value is -2.85. The zero-order valence-corrected chi connectivity index (χ0v) is 15.4. The molecule has 2 saturated heterocycles. The van der Waals surface area contributed by atoms with Crippen LogP contribution in [-0.2, 0) is 38.1 Å². The number of amides is 1. The average molecular weight is 384 g/mol. The van der Waals surface area contributed by atoms with Gasteiger partial charge in [-0.1, -0.05) is 5.11 Å². The molecule has 0 N–H and O–H groups in total. The summed E-state index contributed by atoms with van der Waals surface area (Å²) in [5.41, 5.74) is 7.29. The molecule has 2 aliphatic heterocycles. The number of ether oxygens (including phenoxy) is 4. The van der Waals surface area contributed by atoms with E-state index in [1.807, 2.05) is 0 Å². The molecule has 0 saturated carbocycles. The van der Waals surface area contributed by atoms with E-state index < -0.39 is 60.1 Å². The van der Waals surface area contributed by atoms with Crippen LogP contribution in [-0.4, -0.2) is 65.0 Å². The highest BCUT2D eigenvalue weighted by Gasteiger charge is 2.68. The lowest BCUT2D eigenvalue weighted by Crippen LogP contribution is -2.65. The fourth-order valence-electron chi connectivity index (χ4n) is 3.58. The van der Waals surface area contributed by atoms with Gasteiger partial charge in [-0.25, -0.2) is 0 Å². The van der Waals surface area contributed by atoms with Gasteiger partial charge < -0.3 is 18.9 Å². The van der Waals surface area contributed by atoms with Crippen LogP contribution in [0.4, 0.5) is 0 Å². The summed E-state index contributed by atoms with van der Waals surface area (Å²) < 4.78 is 21.7. The number of likely N-dealkylation sites (tertiary alicyclic amines) is 1. The molecule has 2 bridgehead atoms. The van der Waals surface area contributed by atoms with E-state index in [0.29, 0.717) is 0 Å². The van der Waals surface area contributed by atoms with Crippen LogP contribution >= 0.6 is 0 Å². The molecule has 0 aromatic rings. The SMILES string of the molecule is CC(=O)O[C@@H]1[C@H]2O[C@@](C)([C@@H](OC(C)=O)[C@H]1OC(C)=O)N(C(C)=O)[C@H]2N=[N+]=[N-]. The summed E-state index contributed by atoms with van der Waals surface area (Å²) in [6.45, 7) is 6.02. The van der Waals surface area contributed by atoms with Crippen LogP contribution in [0.1, 0.15) is 34.6 Å².